The first-order valence-corrected chi connectivity index (χ1v) is 6.24. The summed E-state index contributed by atoms with van der Waals surface area (Å²) in [4.78, 5) is 21.6. The molecule has 0 saturated carbocycles. The average molecular weight is 333 g/mol. The van der Waals surface area contributed by atoms with Crippen LogP contribution in [-0.2, 0) is 9.53 Å². The fourth-order valence-corrected chi connectivity index (χ4v) is 1.74. The van der Waals surface area contributed by atoms with E-state index in [4.69, 9.17) is 15.2 Å². The largest absolute Gasteiger partial charge is 0.484 e. The van der Waals surface area contributed by atoms with Gasteiger partial charge in [0.2, 0.25) is 5.75 Å². The van der Waals surface area contributed by atoms with Crippen molar-refractivity contribution < 1.29 is 19.2 Å². The minimum Gasteiger partial charge on any atom is -0.484 e. The van der Waals surface area contributed by atoms with Crippen molar-refractivity contribution in [3.8, 4) is 5.75 Å². The van der Waals surface area contributed by atoms with E-state index in [1.165, 1.54) is 12.1 Å². The highest BCUT2D eigenvalue weighted by molar-refractivity contribution is 9.10. The summed E-state index contributed by atoms with van der Waals surface area (Å²) in [6, 6.07) is 3.42. The smallest absolute Gasteiger partial charge is 0.326 e. The highest BCUT2D eigenvalue weighted by Gasteiger charge is 2.21. The van der Waals surface area contributed by atoms with Crippen LogP contribution in [0.4, 0.5) is 5.69 Å². The lowest BCUT2D eigenvalue weighted by atomic mass is 10.3. The van der Waals surface area contributed by atoms with E-state index in [9.17, 15) is 14.9 Å². The van der Waals surface area contributed by atoms with Crippen molar-refractivity contribution in [1.82, 2.24) is 0 Å². The summed E-state index contributed by atoms with van der Waals surface area (Å²) in [6.07, 6.45) is 0. The van der Waals surface area contributed by atoms with Crippen molar-refractivity contribution >= 4 is 27.6 Å². The second-order valence-corrected chi connectivity index (χ2v) is 4.37. The van der Waals surface area contributed by atoms with Crippen molar-refractivity contribution in [3.63, 3.8) is 0 Å². The fraction of sp³-hybridized carbons (Fsp3) is 0.364. The maximum absolute atomic E-state index is 11.3. The standard InChI is InChI=1S/C11H13BrN2O5/c1-2-18-11(15)8(13)6-19-10-7(12)4-3-5-9(10)14(16)17/h3-5,8H,2,6,13H2,1H3. The van der Waals surface area contributed by atoms with Crippen molar-refractivity contribution in [2.24, 2.45) is 5.73 Å². The first-order chi connectivity index (χ1) is 8.97. The Balaban J connectivity index is 2.77. The van der Waals surface area contributed by atoms with E-state index in [0.717, 1.165) is 0 Å². The van der Waals surface area contributed by atoms with E-state index in [0.29, 0.717) is 4.47 Å². The van der Waals surface area contributed by atoms with E-state index in [1.54, 1.807) is 13.0 Å². The summed E-state index contributed by atoms with van der Waals surface area (Å²) in [5.74, 6) is -0.579. The van der Waals surface area contributed by atoms with Gasteiger partial charge in [0.25, 0.3) is 0 Å². The number of rotatable bonds is 6. The molecule has 1 atom stereocenters. The highest BCUT2D eigenvalue weighted by Crippen LogP contribution is 2.34. The second-order valence-electron chi connectivity index (χ2n) is 3.51. The van der Waals surface area contributed by atoms with Crippen LogP contribution >= 0.6 is 15.9 Å². The normalized spacial score (nSPS) is 11.7. The number of carbonyl (C=O) groups is 1. The molecule has 0 spiro atoms. The fourth-order valence-electron chi connectivity index (χ4n) is 1.27. The minimum absolute atomic E-state index is 0.0345. The summed E-state index contributed by atoms with van der Waals surface area (Å²) >= 11 is 3.15. The average Bonchev–Trinajstić information content (AvgIpc) is 2.36. The van der Waals surface area contributed by atoms with E-state index < -0.39 is 16.9 Å². The van der Waals surface area contributed by atoms with Gasteiger partial charge in [-0.25, -0.2) is 0 Å². The van der Waals surface area contributed by atoms with Gasteiger partial charge in [-0.1, -0.05) is 6.07 Å². The first kappa shape index (κ1) is 15.4. The van der Waals surface area contributed by atoms with Gasteiger partial charge in [-0.3, -0.25) is 14.9 Å². The van der Waals surface area contributed by atoms with Gasteiger partial charge >= 0.3 is 11.7 Å². The number of hydrogen-bond acceptors (Lipinski definition) is 6. The molecular weight excluding hydrogens is 320 g/mol. The van der Waals surface area contributed by atoms with Crippen LogP contribution in [0, 0.1) is 10.1 Å². The summed E-state index contributed by atoms with van der Waals surface area (Å²) in [5, 5.41) is 10.8. The SMILES string of the molecule is CCOC(=O)C(N)COc1c(Br)cccc1[N+](=O)[O-]. The summed E-state index contributed by atoms with van der Waals surface area (Å²) in [7, 11) is 0. The number of nitro groups is 1. The van der Waals surface area contributed by atoms with Gasteiger partial charge < -0.3 is 15.2 Å². The van der Waals surface area contributed by atoms with Crippen LogP contribution in [-0.4, -0.2) is 30.1 Å². The van der Waals surface area contributed by atoms with Gasteiger partial charge in [-0.2, -0.15) is 0 Å². The van der Waals surface area contributed by atoms with Crippen LogP contribution in [0.2, 0.25) is 0 Å². The predicted molar refractivity (Wildman–Crippen MR) is 70.9 cm³/mol. The molecule has 0 fully saturated rings. The Hall–Kier alpha value is -1.67. The van der Waals surface area contributed by atoms with E-state index in [1.807, 2.05) is 0 Å². The first-order valence-electron chi connectivity index (χ1n) is 5.45. The van der Waals surface area contributed by atoms with Crippen LogP contribution in [0.1, 0.15) is 6.92 Å². The molecule has 0 aliphatic rings. The van der Waals surface area contributed by atoms with Crippen molar-refractivity contribution in [2.45, 2.75) is 13.0 Å². The number of nitro benzene ring substituents is 1. The third kappa shape index (κ3) is 4.18. The van der Waals surface area contributed by atoms with Gasteiger partial charge in [-0.05, 0) is 28.9 Å². The maximum atomic E-state index is 11.3. The lowest BCUT2D eigenvalue weighted by Gasteiger charge is -2.13. The number of halogens is 1. The molecule has 1 unspecified atom stereocenters. The number of hydrogen-bond donors (Lipinski definition) is 1. The third-order valence-corrected chi connectivity index (χ3v) is 2.76. The topological polar surface area (TPSA) is 105 Å². The molecule has 1 aromatic rings. The van der Waals surface area contributed by atoms with Crippen LogP contribution in [0.5, 0.6) is 5.75 Å². The zero-order chi connectivity index (χ0) is 14.4. The van der Waals surface area contributed by atoms with Gasteiger partial charge in [0.1, 0.15) is 12.6 Å². The Kier molecular flexibility index (Phi) is 5.71. The number of benzene rings is 1. The lowest BCUT2D eigenvalue weighted by Crippen LogP contribution is -2.37. The van der Waals surface area contributed by atoms with Gasteiger partial charge in [0.05, 0.1) is 16.0 Å². The summed E-state index contributed by atoms with van der Waals surface area (Å²) in [5.41, 5.74) is 5.34. The van der Waals surface area contributed by atoms with Crippen LogP contribution in [0.3, 0.4) is 0 Å². The maximum Gasteiger partial charge on any atom is 0.326 e. The number of nitrogens with zero attached hydrogens (tertiary/aromatic N) is 1. The number of para-hydroxylation sites is 1. The molecule has 7 nitrogen and oxygen atoms in total. The minimum atomic E-state index is -0.994. The van der Waals surface area contributed by atoms with Crippen molar-refractivity contribution in [2.75, 3.05) is 13.2 Å². The van der Waals surface area contributed by atoms with E-state index in [-0.39, 0.29) is 24.7 Å². The zero-order valence-corrected chi connectivity index (χ0v) is 11.8. The van der Waals surface area contributed by atoms with Gasteiger partial charge in [0, 0.05) is 6.07 Å². The Morgan fingerprint density at radius 1 is 1.58 bits per heavy atom. The Morgan fingerprint density at radius 3 is 2.84 bits per heavy atom. The predicted octanol–water partition coefficient (Wildman–Crippen LogP) is 1.63. The van der Waals surface area contributed by atoms with E-state index in [2.05, 4.69) is 15.9 Å². The molecule has 0 saturated heterocycles. The molecule has 0 bridgehead atoms. The van der Waals surface area contributed by atoms with Crippen molar-refractivity contribution in [1.29, 1.82) is 0 Å². The Morgan fingerprint density at radius 2 is 2.26 bits per heavy atom. The van der Waals surface area contributed by atoms with Crippen LogP contribution in [0.25, 0.3) is 0 Å². The van der Waals surface area contributed by atoms with Crippen LogP contribution < -0.4 is 10.5 Å². The second kappa shape index (κ2) is 7.05. The van der Waals surface area contributed by atoms with Gasteiger partial charge in [-0.15, -0.1) is 0 Å². The van der Waals surface area contributed by atoms with Crippen molar-refractivity contribution in [3.05, 3.63) is 32.8 Å². The quantitative estimate of drug-likeness (QED) is 0.482. The highest BCUT2D eigenvalue weighted by atomic mass is 79.9. The summed E-state index contributed by atoms with van der Waals surface area (Å²) < 4.78 is 10.4. The monoisotopic (exact) mass is 332 g/mol. The molecule has 8 heteroatoms. The van der Waals surface area contributed by atoms with Gasteiger partial charge in [0.15, 0.2) is 0 Å². The molecule has 0 aliphatic carbocycles. The molecule has 0 aromatic heterocycles. The molecular formula is C11H13BrN2O5. The Labute approximate surface area is 118 Å². The Bertz CT molecular complexity index is 480. The molecule has 2 N–H and O–H groups in total. The molecule has 0 heterocycles. The summed E-state index contributed by atoms with van der Waals surface area (Å²) in [6.45, 7) is 1.66. The molecule has 0 amide bonds. The number of ether oxygens (including phenoxy) is 2. The van der Waals surface area contributed by atoms with Crippen LogP contribution in [0.15, 0.2) is 22.7 Å². The molecule has 104 valence electrons. The molecule has 0 radical (unpaired) electrons. The number of carbonyl (C=O) groups excluding carboxylic acids is 1. The molecule has 1 aromatic carbocycles. The molecule has 19 heavy (non-hydrogen) atoms. The molecule has 1 rings (SSSR count). The lowest BCUT2D eigenvalue weighted by molar-refractivity contribution is -0.386. The number of esters is 1. The number of nitrogens with two attached hydrogens (primary N) is 1. The molecule has 0 aliphatic heterocycles. The van der Waals surface area contributed by atoms with E-state index >= 15 is 0 Å². The third-order valence-electron chi connectivity index (χ3n) is 2.14. The zero-order valence-electron chi connectivity index (χ0n) is 10.2.